The van der Waals surface area contributed by atoms with Gasteiger partial charge in [0.2, 0.25) is 5.91 Å². The van der Waals surface area contributed by atoms with Gasteiger partial charge in [0, 0.05) is 31.7 Å². The lowest BCUT2D eigenvalue weighted by Crippen LogP contribution is -2.62. The molecule has 0 aromatic heterocycles. The molecule has 0 radical (unpaired) electrons. The molecule has 0 aromatic rings. The summed E-state index contributed by atoms with van der Waals surface area (Å²) in [4.78, 5) is 23.7. The molecular weight excluding hydrogens is 903 g/mol. The Morgan fingerprint density at radius 1 is 0.618 bits per heavy atom. The number of carboxylic acid groups (broad SMARTS) is 1. The highest BCUT2D eigenvalue weighted by atomic mass is 32.2. The van der Waals surface area contributed by atoms with E-state index in [0.717, 1.165) is 57.8 Å². The van der Waals surface area contributed by atoms with Gasteiger partial charge in [-0.05, 0) is 195 Å². The lowest BCUT2D eigenvalue weighted by molar-refractivity contribution is -0.236. The molecular formula is C53H85F4NO9S. The van der Waals surface area contributed by atoms with E-state index in [0.29, 0.717) is 68.1 Å². The van der Waals surface area contributed by atoms with E-state index in [-0.39, 0.29) is 108 Å². The molecule has 15 heteroatoms. The quantitative estimate of drug-likeness (QED) is 0.123. The van der Waals surface area contributed by atoms with Crippen LogP contribution in [-0.2, 0) is 19.4 Å². The Bertz CT molecular complexity index is 1980. The Hall–Kier alpha value is -1.55. The first-order valence-corrected chi connectivity index (χ1v) is 28.6. The number of hydrogen-bond donors (Lipinski definition) is 6. The van der Waals surface area contributed by atoms with Gasteiger partial charge in [-0.25, -0.2) is 26.0 Å². The minimum Gasteiger partial charge on any atom is -0.481 e. The van der Waals surface area contributed by atoms with Gasteiger partial charge in [0.25, 0.3) is 11.8 Å². The molecule has 8 saturated carbocycles. The molecule has 9 fully saturated rings. The number of fused-ring (bicyclic) bond motifs is 10. The van der Waals surface area contributed by atoms with Crippen molar-refractivity contribution in [1.82, 2.24) is 5.32 Å². The molecule has 0 aromatic carbocycles. The van der Waals surface area contributed by atoms with Crippen molar-refractivity contribution in [2.75, 3.05) is 11.5 Å². The lowest BCUT2D eigenvalue weighted by Gasteiger charge is -2.63. The lowest BCUT2D eigenvalue weighted by atomic mass is 9.43. The summed E-state index contributed by atoms with van der Waals surface area (Å²) in [7, 11) is -3.07. The molecule has 10 nitrogen and oxygen atoms in total. The Labute approximate surface area is 403 Å². The number of aliphatic hydroxyl groups excluding tert-OH is 4. The number of hydrogen-bond acceptors (Lipinski definition) is 8. The van der Waals surface area contributed by atoms with Crippen molar-refractivity contribution in [3.8, 4) is 0 Å². The van der Waals surface area contributed by atoms with Crippen LogP contribution in [0.25, 0.3) is 0 Å². The first-order chi connectivity index (χ1) is 31.6. The summed E-state index contributed by atoms with van der Waals surface area (Å²) < 4.78 is 82.4. The van der Waals surface area contributed by atoms with Crippen LogP contribution in [-0.4, -0.2) is 99.6 Å². The zero-order chi connectivity index (χ0) is 49.7. The van der Waals surface area contributed by atoms with Gasteiger partial charge in [-0.2, -0.15) is 0 Å². The van der Waals surface area contributed by atoms with Crippen LogP contribution in [0.4, 0.5) is 17.6 Å². The summed E-state index contributed by atoms with van der Waals surface area (Å²) in [5.74, 6) is -4.67. The van der Waals surface area contributed by atoms with Crippen LogP contribution in [0.1, 0.15) is 170 Å². The fourth-order valence-corrected chi connectivity index (χ4v) is 20.6. The second-order valence-electron chi connectivity index (χ2n) is 25.9. The summed E-state index contributed by atoms with van der Waals surface area (Å²) in [5.41, 5.74) is -1.06. The molecule has 68 heavy (non-hydrogen) atoms. The van der Waals surface area contributed by atoms with Gasteiger partial charge in [-0.15, -0.1) is 0 Å². The number of rotatable bonds is 9. The molecule has 6 N–H and O–H groups in total. The number of halogens is 4. The van der Waals surface area contributed by atoms with Crippen molar-refractivity contribution in [3.63, 3.8) is 0 Å². The Morgan fingerprint density at radius 2 is 1.04 bits per heavy atom. The third kappa shape index (κ3) is 9.37. The summed E-state index contributed by atoms with van der Waals surface area (Å²) in [5, 5.41) is 54.6. The number of carbonyl (C=O) groups is 2. The van der Waals surface area contributed by atoms with Crippen molar-refractivity contribution in [2.24, 2.45) is 92.7 Å². The number of carbonyl (C=O) groups excluding carboxylic acids is 1. The highest BCUT2D eigenvalue weighted by Crippen LogP contribution is 2.71. The first kappa shape index (κ1) is 52.8. The Kier molecular flexibility index (Phi) is 14.5. The molecule has 21 atom stereocenters. The van der Waals surface area contributed by atoms with E-state index < -0.39 is 62.9 Å². The van der Waals surface area contributed by atoms with Crippen molar-refractivity contribution in [1.29, 1.82) is 0 Å². The average molecular weight is 988 g/mol. The van der Waals surface area contributed by atoms with E-state index in [4.69, 9.17) is 5.11 Å². The van der Waals surface area contributed by atoms with Gasteiger partial charge < -0.3 is 30.8 Å². The molecule has 1 aliphatic heterocycles. The van der Waals surface area contributed by atoms with Crippen LogP contribution in [0.5, 0.6) is 0 Å². The average Bonchev–Trinajstić information content (AvgIpc) is 3.78. The number of aliphatic carboxylic acids is 1. The van der Waals surface area contributed by atoms with E-state index in [1.165, 1.54) is 0 Å². The van der Waals surface area contributed by atoms with Gasteiger partial charge in [-0.1, -0.05) is 41.5 Å². The molecule has 0 bridgehead atoms. The maximum atomic E-state index is 14.7. The number of sulfone groups is 1. The Balaban J connectivity index is 0.000000189. The van der Waals surface area contributed by atoms with Crippen molar-refractivity contribution in [2.45, 2.75) is 212 Å². The molecule has 390 valence electrons. The van der Waals surface area contributed by atoms with E-state index in [1.54, 1.807) is 0 Å². The predicted molar refractivity (Wildman–Crippen MR) is 250 cm³/mol. The minimum absolute atomic E-state index is 0.00907. The highest BCUT2D eigenvalue weighted by Gasteiger charge is 2.68. The van der Waals surface area contributed by atoms with Crippen LogP contribution in [0.15, 0.2) is 0 Å². The number of amides is 1. The molecule has 1 amide bonds. The number of nitrogens with one attached hydrogen (secondary N) is 1. The molecule has 9 rings (SSSR count). The van der Waals surface area contributed by atoms with Crippen molar-refractivity contribution < 1.29 is 61.1 Å². The van der Waals surface area contributed by atoms with Crippen LogP contribution >= 0.6 is 0 Å². The Morgan fingerprint density at radius 3 is 1.47 bits per heavy atom. The van der Waals surface area contributed by atoms with Gasteiger partial charge in [0.05, 0.1) is 23.7 Å². The molecule has 1 heterocycles. The third-order valence-electron chi connectivity index (χ3n) is 22.4. The molecule has 0 spiro atoms. The van der Waals surface area contributed by atoms with E-state index in [1.807, 2.05) is 13.8 Å². The molecule has 1 saturated heterocycles. The fraction of sp³-hybridized carbons (Fsp3) is 0.962. The monoisotopic (exact) mass is 988 g/mol. The van der Waals surface area contributed by atoms with Gasteiger partial charge in [0.15, 0.2) is 9.84 Å². The van der Waals surface area contributed by atoms with Crippen LogP contribution in [0, 0.1) is 92.7 Å². The van der Waals surface area contributed by atoms with Crippen LogP contribution in [0.3, 0.4) is 0 Å². The normalized spacial score (nSPS) is 49.4. The van der Waals surface area contributed by atoms with E-state index in [2.05, 4.69) is 33.0 Å². The van der Waals surface area contributed by atoms with Crippen LogP contribution in [0.2, 0.25) is 0 Å². The SMILES string of the molecule is C[C@H](CCC(=O)NC1CCCS(=O)(=O)C1)[C@H]1CCC2C3C(CC[C@@]21C)[C@@]1(C)CC(F)(F)[C@H](O)C[C@H]1C[C@@H]3O.C[C@H](CCC(=O)O)[C@H]1CCC2C3C(CC[C@@]21C)[C@@]1(C)CC(F)(F)[C@H](O)C[C@H]1C[C@@H]3O. The third-order valence-corrected chi connectivity index (χ3v) is 24.2. The second-order valence-corrected chi connectivity index (χ2v) is 28.1. The zero-order valence-electron chi connectivity index (χ0n) is 41.7. The maximum absolute atomic E-state index is 14.7. The summed E-state index contributed by atoms with van der Waals surface area (Å²) in [6, 6.07) is -0.286. The summed E-state index contributed by atoms with van der Waals surface area (Å²) in [6.45, 7) is 13.0. The van der Waals surface area contributed by atoms with E-state index in [9.17, 15) is 56.0 Å². The topological polar surface area (TPSA) is 181 Å². The molecule has 8 aliphatic carbocycles. The van der Waals surface area contributed by atoms with Crippen molar-refractivity contribution >= 4 is 21.7 Å². The fourth-order valence-electron chi connectivity index (χ4n) is 19.0. The highest BCUT2D eigenvalue weighted by molar-refractivity contribution is 7.91. The second kappa shape index (κ2) is 18.7. The van der Waals surface area contributed by atoms with Crippen LogP contribution < -0.4 is 5.32 Å². The molecule has 7 unspecified atom stereocenters. The first-order valence-electron chi connectivity index (χ1n) is 26.8. The minimum atomic E-state index is -3.08. The predicted octanol–water partition coefficient (Wildman–Crippen LogP) is 9.06. The summed E-state index contributed by atoms with van der Waals surface area (Å²) in [6.07, 6.45) is 7.24. The number of aliphatic hydroxyl groups is 4. The molecule has 9 aliphatic rings. The number of alkyl halides is 4. The van der Waals surface area contributed by atoms with Gasteiger partial charge >= 0.3 is 5.97 Å². The van der Waals surface area contributed by atoms with Crippen molar-refractivity contribution in [3.05, 3.63) is 0 Å². The van der Waals surface area contributed by atoms with Gasteiger partial charge in [0.1, 0.15) is 12.2 Å². The van der Waals surface area contributed by atoms with Gasteiger partial charge in [-0.3, -0.25) is 9.59 Å². The number of carboxylic acids is 1. The van der Waals surface area contributed by atoms with E-state index >= 15 is 0 Å². The maximum Gasteiger partial charge on any atom is 0.303 e. The summed E-state index contributed by atoms with van der Waals surface area (Å²) >= 11 is 0. The smallest absolute Gasteiger partial charge is 0.303 e. The zero-order valence-corrected chi connectivity index (χ0v) is 42.5. The largest absolute Gasteiger partial charge is 0.481 e. The standard InChI is InChI=1S/C29H47F2NO5S.C24H38F2O4/c1-17(6-9-25(35)32-19-5-4-12-38(36,37)15-19)20-7-8-21-26-22(10-11-27(20,21)2)28(3)16-29(30,31)24(34)14-18(28)13-23(26)33;1-13(4-7-20(29)30)15-5-6-16-21-17(8-9-22(15,16)2)23(3)12-24(25,26)19(28)11-14(23)10-18(21)27/h17-24,26,33-34H,4-16H2,1-3H3,(H,32,35);13-19,21,27-28H,4-12H2,1-3H3,(H,29,30)/t17-,18-,19?,20-,21?,22?,23+,24-,26?,27-,28+;13-,14-,15-,16?,17?,18+,19-,21?,22-,23+/m11/s1.